The standard InChI is InChI=1S/C22H20Cl2F3N5O6/c1-3-4-7-37-21(36)28-18-19(34)29-20(35)32(30-18)12-8-14(23)17(15(24)9-12)38-13-5-6-16(33)31(10-13)11(2)22(25,26)27/h5-6,8-11H,3-4,7H2,1-2H3,(H,28,30,36)(H,29,34,35). The molecule has 1 unspecified atom stereocenters. The Hall–Kier alpha value is -3.78. The summed E-state index contributed by atoms with van der Waals surface area (Å²) in [6, 6.07) is 2.24. The molecule has 0 aliphatic carbocycles. The molecule has 3 aromatic rings. The number of nitrogens with zero attached hydrogens (tertiary/aromatic N) is 3. The van der Waals surface area contributed by atoms with Gasteiger partial charge in [0.2, 0.25) is 5.82 Å². The molecule has 11 nitrogen and oxygen atoms in total. The zero-order valence-corrected chi connectivity index (χ0v) is 21.3. The molecule has 1 amide bonds. The van der Waals surface area contributed by atoms with Gasteiger partial charge in [-0.2, -0.15) is 17.9 Å². The molecule has 2 N–H and O–H groups in total. The van der Waals surface area contributed by atoms with Crippen LogP contribution >= 0.6 is 23.2 Å². The number of hydrogen-bond acceptors (Lipinski definition) is 7. The number of carbonyl (C=O) groups excluding carboxylic acids is 1. The van der Waals surface area contributed by atoms with Crippen molar-refractivity contribution in [2.45, 2.75) is 38.9 Å². The number of rotatable bonds is 8. The molecule has 0 fully saturated rings. The van der Waals surface area contributed by atoms with Crippen molar-refractivity contribution in [2.75, 3.05) is 11.9 Å². The Morgan fingerprint density at radius 2 is 1.84 bits per heavy atom. The lowest BCUT2D eigenvalue weighted by molar-refractivity contribution is -0.163. The Balaban J connectivity index is 1.93. The van der Waals surface area contributed by atoms with Crippen LogP contribution in [0.25, 0.3) is 5.69 Å². The van der Waals surface area contributed by atoms with Gasteiger partial charge >= 0.3 is 18.0 Å². The molecule has 2 heterocycles. The van der Waals surface area contributed by atoms with Crippen LogP contribution in [0, 0.1) is 0 Å². The van der Waals surface area contributed by atoms with Crippen LogP contribution in [-0.2, 0) is 4.74 Å². The monoisotopic (exact) mass is 577 g/mol. The van der Waals surface area contributed by atoms with Crippen molar-refractivity contribution in [3.63, 3.8) is 0 Å². The number of pyridine rings is 1. The molecular formula is C22H20Cl2F3N5O6. The van der Waals surface area contributed by atoms with Gasteiger partial charge in [0.25, 0.3) is 11.1 Å². The topological polar surface area (TPSA) is 137 Å². The quantitative estimate of drug-likeness (QED) is 0.371. The number of nitrogens with one attached hydrogen (secondary N) is 2. The number of H-pyrrole nitrogens is 1. The minimum atomic E-state index is -4.68. The Morgan fingerprint density at radius 1 is 1.18 bits per heavy atom. The van der Waals surface area contributed by atoms with Gasteiger partial charge < -0.3 is 9.47 Å². The van der Waals surface area contributed by atoms with Gasteiger partial charge in [-0.3, -0.25) is 24.5 Å². The van der Waals surface area contributed by atoms with E-state index in [1.54, 1.807) is 0 Å². The fourth-order valence-corrected chi connectivity index (χ4v) is 3.54. The number of aromatic amines is 1. The summed E-state index contributed by atoms with van der Waals surface area (Å²) >= 11 is 12.5. The molecule has 1 atom stereocenters. The number of amides is 1. The smallest absolute Gasteiger partial charge is 0.413 e. The summed E-state index contributed by atoms with van der Waals surface area (Å²) in [6.07, 6.45) is -3.41. The van der Waals surface area contributed by atoms with Gasteiger partial charge in [0.15, 0.2) is 5.75 Å². The first kappa shape index (κ1) is 28.8. The maximum Gasteiger partial charge on any atom is 0.413 e. The van der Waals surface area contributed by atoms with E-state index in [0.29, 0.717) is 15.7 Å². The van der Waals surface area contributed by atoms with Gasteiger partial charge in [0.1, 0.15) is 11.8 Å². The predicted molar refractivity (Wildman–Crippen MR) is 132 cm³/mol. The van der Waals surface area contributed by atoms with Crippen LogP contribution < -0.4 is 26.9 Å². The van der Waals surface area contributed by atoms with Crippen molar-refractivity contribution in [2.24, 2.45) is 0 Å². The van der Waals surface area contributed by atoms with Gasteiger partial charge in [-0.1, -0.05) is 36.5 Å². The molecule has 0 radical (unpaired) electrons. The summed E-state index contributed by atoms with van der Waals surface area (Å²) in [5, 5.41) is 5.57. The summed E-state index contributed by atoms with van der Waals surface area (Å²) in [7, 11) is 0. The number of ether oxygens (including phenoxy) is 2. The molecular weight excluding hydrogens is 558 g/mol. The van der Waals surface area contributed by atoms with Crippen molar-refractivity contribution >= 4 is 35.1 Å². The van der Waals surface area contributed by atoms with Crippen LogP contribution in [0.15, 0.2) is 44.8 Å². The van der Waals surface area contributed by atoms with E-state index in [0.717, 1.165) is 31.7 Å². The van der Waals surface area contributed by atoms with Crippen LogP contribution in [-0.4, -0.2) is 38.2 Å². The van der Waals surface area contributed by atoms with Gasteiger partial charge in [-0.15, -0.1) is 5.10 Å². The molecule has 0 saturated carbocycles. The highest BCUT2D eigenvalue weighted by Gasteiger charge is 2.38. The van der Waals surface area contributed by atoms with Crippen LogP contribution in [0.5, 0.6) is 11.5 Å². The van der Waals surface area contributed by atoms with E-state index in [4.69, 9.17) is 32.7 Å². The average Bonchev–Trinajstić information content (AvgIpc) is 2.83. The third-order valence-electron chi connectivity index (χ3n) is 5.03. The Labute approximate surface area is 221 Å². The summed E-state index contributed by atoms with van der Waals surface area (Å²) < 4.78 is 50.9. The van der Waals surface area contributed by atoms with E-state index in [1.165, 1.54) is 12.1 Å². The molecule has 38 heavy (non-hydrogen) atoms. The van der Waals surface area contributed by atoms with Crippen molar-refractivity contribution in [1.29, 1.82) is 0 Å². The van der Waals surface area contributed by atoms with E-state index in [1.807, 2.05) is 11.9 Å². The van der Waals surface area contributed by atoms with E-state index in [9.17, 15) is 32.3 Å². The second kappa shape index (κ2) is 11.7. The number of hydrogen-bond donors (Lipinski definition) is 2. The SMILES string of the molecule is CCCCOC(=O)Nc1nn(-c2cc(Cl)c(Oc3ccc(=O)n(C(C)C(F)(F)F)c3)c(Cl)c2)c(=O)[nH]c1=O. The zero-order valence-electron chi connectivity index (χ0n) is 19.8. The highest BCUT2D eigenvalue weighted by atomic mass is 35.5. The fraction of sp³-hybridized carbons (Fsp3) is 0.318. The van der Waals surface area contributed by atoms with Gasteiger partial charge in [0.05, 0.1) is 28.5 Å². The number of alkyl halides is 3. The first-order chi connectivity index (χ1) is 17.8. The fourth-order valence-electron chi connectivity index (χ4n) is 2.99. The number of anilines is 1. The third-order valence-corrected chi connectivity index (χ3v) is 5.59. The number of benzene rings is 1. The van der Waals surface area contributed by atoms with Crippen LogP contribution in [0.1, 0.15) is 32.7 Å². The van der Waals surface area contributed by atoms with Crippen molar-refractivity contribution < 1.29 is 27.4 Å². The van der Waals surface area contributed by atoms with Crippen LogP contribution in [0.4, 0.5) is 23.8 Å². The Morgan fingerprint density at radius 3 is 2.45 bits per heavy atom. The summed E-state index contributed by atoms with van der Waals surface area (Å²) in [5.41, 5.74) is -2.93. The molecule has 2 aromatic heterocycles. The largest absolute Gasteiger partial charge is 0.453 e. The first-order valence-electron chi connectivity index (χ1n) is 11.0. The van der Waals surface area contributed by atoms with E-state index in [-0.39, 0.29) is 33.8 Å². The van der Waals surface area contributed by atoms with Crippen LogP contribution in [0.2, 0.25) is 10.0 Å². The van der Waals surface area contributed by atoms with E-state index in [2.05, 4.69) is 10.4 Å². The van der Waals surface area contributed by atoms with E-state index >= 15 is 0 Å². The lowest BCUT2D eigenvalue weighted by Crippen LogP contribution is -2.34. The van der Waals surface area contributed by atoms with Gasteiger partial charge in [-0.05, 0) is 31.5 Å². The minimum absolute atomic E-state index is 0.0494. The molecule has 0 aliphatic rings. The minimum Gasteiger partial charge on any atom is -0.453 e. The van der Waals surface area contributed by atoms with Crippen LogP contribution in [0.3, 0.4) is 0 Å². The van der Waals surface area contributed by atoms with Crippen molar-refractivity contribution in [3.8, 4) is 17.2 Å². The molecule has 0 aliphatic heterocycles. The van der Waals surface area contributed by atoms with E-state index < -0.39 is 40.9 Å². The number of halogens is 5. The summed E-state index contributed by atoms with van der Waals surface area (Å²) in [6.45, 7) is 2.81. The normalized spacial score (nSPS) is 12.2. The van der Waals surface area contributed by atoms with Gasteiger partial charge in [-0.25, -0.2) is 9.59 Å². The number of carbonyl (C=O) groups is 1. The molecule has 3 rings (SSSR count). The molecule has 0 spiro atoms. The van der Waals surface area contributed by atoms with Crippen molar-refractivity contribution in [3.05, 3.63) is 71.7 Å². The zero-order chi connectivity index (χ0) is 28.2. The average molecular weight is 578 g/mol. The number of aromatic nitrogens is 4. The molecule has 0 bridgehead atoms. The van der Waals surface area contributed by atoms with Crippen molar-refractivity contribution in [1.82, 2.24) is 19.3 Å². The Bertz CT molecular complexity index is 1500. The second-order valence-corrected chi connectivity index (χ2v) is 8.62. The van der Waals surface area contributed by atoms with Gasteiger partial charge in [0, 0.05) is 6.07 Å². The molecule has 1 aromatic carbocycles. The Kier molecular flexibility index (Phi) is 8.89. The molecule has 204 valence electrons. The highest BCUT2D eigenvalue weighted by molar-refractivity contribution is 6.37. The maximum atomic E-state index is 13.1. The summed E-state index contributed by atoms with van der Waals surface area (Å²) in [5.74, 6) is -0.915. The first-order valence-corrected chi connectivity index (χ1v) is 11.7. The highest BCUT2D eigenvalue weighted by Crippen LogP contribution is 2.38. The third kappa shape index (κ3) is 6.75. The lowest BCUT2D eigenvalue weighted by Gasteiger charge is -2.19. The number of unbranched alkanes of at least 4 members (excludes halogenated alkanes) is 1. The maximum absolute atomic E-state index is 13.1. The second-order valence-electron chi connectivity index (χ2n) is 7.80. The lowest BCUT2D eigenvalue weighted by atomic mass is 10.3. The molecule has 0 saturated heterocycles. The molecule has 16 heteroatoms. The summed E-state index contributed by atoms with van der Waals surface area (Å²) in [4.78, 5) is 50.2. The predicted octanol–water partition coefficient (Wildman–Crippen LogP) is 4.65.